The number of carbonyl (C=O) groups excluding carboxylic acids is 3. The van der Waals surface area contributed by atoms with Gasteiger partial charge in [-0.15, -0.1) is 0 Å². The van der Waals surface area contributed by atoms with Crippen molar-refractivity contribution in [1.29, 1.82) is 0 Å². The Morgan fingerprint density at radius 2 is 1.83 bits per heavy atom. The Morgan fingerprint density at radius 3 is 2.54 bits per heavy atom. The maximum Gasteiger partial charge on any atom is 0.263 e. The largest absolute Gasteiger partial charge is 0.325 e. The minimum Gasteiger partial charge on any atom is -0.325 e. The number of anilines is 1. The standard InChI is InChI=1S/C19H18N2O3/c1-11-7-8-13(12(2)9-11)10-16(22)20-15-6-4-5-14-17(15)19(24)21(3)18(14)23/h4-9H,10H2,1-3H3,(H,20,22). The zero-order valence-electron chi connectivity index (χ0n) is 13.8. The van der Waals surface area contributed by atoms with Crippen LogP contribution in [0.3, 0.4) is 0 Å². The molecule has 5 nitrogen and oxygen atoms in total. The first-order valence-corrected chi connectivity index (χ1v) is 7.70. The molecule has 24 heavy (non-hydrogen) atoms. The fraction of sp³-hybridized carbons (Fsp3) is 0.211. The van der Waals surface area contributed by atoms with Gasteiger partial charge in [0.15, 0.2) is 0 Å². The highest BCUT2D eigenvalue weighted by molar-refractivity contribution is 6.24. The average molecular weight is 322 g/mol. The average Bonchev–Trinajstić information content (AvgIpc) is 2.76. The minimum absolute atomic E-state index is 0.216. The number of fused-ring (bicyclic) bond motifs is 1. The molecule has 1 aliphatic rings. The van der Waals surface area contributed by atoms with Crippen molar-refractivity contribution in [3.05, 3.63) is 64.2 Å². The van der Waals surface area contributed by atoms with Crippen LogP contribution in [0, 0.1) is 13.8 Å². The Kier molecular flexibility index (Phi) is 3.93. The van der Waals surface area contributed by atoms with Crippen molar-refractivity contribution in [1.82, 2.24) is 4.90 Å². The van der Waals surface area contributed by atoms with Crippen LogP contribution in [0.1, 0.15) is 37.4 Å². The molecule has 122 valence electrons. The third kappa shape index (κ3) is 2.69. The molecule has 2 aromatic rings. The Bertz CT molecular complexity index is 871. The van der Waals surface area contributed by atoms with E-state index in [9.17, 15) is 14.4 Å². The fourth-order valence-corrected chi connectivity index (χ4v) is 2.92. The molecule has 0 saturated carbocycles. The Morgan fingerprint density at radius 1 is 1.08 bits per heavy atom. The van der Waals surface area contributed by atoms with Crippen molar-refractivity contribution >= 4 is 23.4 Å². The van der Waals surface area contributed by atoms with Crippen LogP contribution in [0.5, 0.6) is 0 Å². The molecule has 0 fully saturated rings. The smallest absolute Gasteiger partial charge is 0.263 e. The molecular formula is C19H18N2O3. The third-order valence-electron chi connectivity index (χ3n) is 4.24. The summed E-state index contributed by atoms with van der Waals surface area (Å²) in [6.07, 6.45) is 0.216. The first-order chi connectivity index (χ1) is 11.4. The van der Waals surface area contributed by atoms with Gasteiger partial charge in [0, 0.05) is 7.05 Å². The van der Waals surface area contributed by atoms with Crippen molar-refractivity contribution < 1.29 is 14.4 Å². The highest BCUT2D eigenvalue weighted by Gasteiger charge is 2.35. The molecule has 0 atom stereocenters. The topological polar surface area (TPSA) is 66.5 Å². The quantitative estimate of drug-likeness (QED) is 0.884. The molecule has 1 N–H and O–H groups in total. The van der Waals surface area contributed by atoms with E-state index in [-0.39, 0.29) is 23.8 Å². The van der Waals surface area contributed by atoms with Crippen LogP contribution < -0.4 is 5.32 Å². The monoisotopic (exact) mass is 322 g/mol. The molecule has 0 unspecified atom stereocenters. The van der Waals surface area contributed by atoms with Gasteiger partial charge in [-0.3, -0.25) is 19.3 Å². The normalized spacial score (nSPS) is 13.2. The van der Waals surface area contributed by atoms with Crippen molar-refractivity contribution in [2.75, 3.05) is 12.4 Å². The predicted octanol–water partition coefficient (Wildman–Crippen LogP) is 2.71. The second kappa shape index (κ2) is 5.92. The van der Waals surface area contributed by atoms with E-state index in [1.54, 1.807) is 18.2 Å². The summed E-state index contributed by atoms with van der Waals surface area (Å²) in [6, 6.07) is 10.8. The lowest BCUT2D eigenvalue weighted by molar-refractivity contribution is -0.115. The SMILES string of the molecule is Cc1ccc(CC(=O)Nc2cccc3c2C(=O)N(C)C3=O)c(C)c1. The summed E-state index contributed by atoms with van der Waals surface area (Å²) < 4.78 is 0. The lowest BCUT2D eigenvalue weighted by Gasteiger charge is -2.10. The molecule has 1 heterocycles. The van der Waals surface area contributed by atoms with Crippen LogP contribution in [-0.4, -0.2) is 29.7 Å². The Balaban J connectivity index is 1.84. The number of rotatable bonds is 3. The van der Waals surface area contributed by atoms with Crippen LogP contribution in [0.15, 0.2) is 36.4 Å². The maximum atomic E-state index is 12.4. The van der Waals surface area contributed by atoms with Crippen LogP contribution in [0.4, 0.5) is 5.69 Å². The number of aryl methyl sites for hydroxylation is 2. The molecule has 0 bridgehead atoms. The Hall–Kier alpha value is -2.95. The van der Waals surface area contributed by atoms with Crippen molar-refractivity contribution in [3.63, 3.8) is 0 Å². The van der Waals surface area contributed by atoms with E-state index in [0.717, 1.165) is 21.6 Å². The van der Waals surface area contributed by atoms with Crippen LogP contribution in [0.25, 0.3) is 0 Å². The number of amides is 3. The lowest BCUT2D eigenvalue weighted by Crippen LogP contribution is -2.24. The number of carbonyl (C=O) groups is 3. The van der Waals surface area contributed by atoms with Crippen LogP contribution in [-0.2, 0) is 11.2 Å². The van der Waals surface area contributed by atoms with E-state index in [1.807, 2.05) is 32.0 Å². The number of nitrogens with one attached hydrogen (secondary N) is 1. The van der Waals surface area contributed by atoms with Gasteiger partial charge in [0.05, 0.1) is 23.2 Å². The van der Waals surface area contributed by atoms with Gasteiger partial charge in [-0.25, -0.2) is 0 Å². The van der Waals surface area contributed by atoms with E-state index < -0.39 is 5.91 Å². The molecule has 3 amide bonds. The van der Waals surface area contributed by atoms with Crippen molar-refractivity contribution in [2.45, 2.75) is 20.3 Å². The molecule has 3 rings (SSSR count). The summed E-state index contributed by atoms with van der Waals surface area (Å²) in [5, 5.41) is 2.77. The number of benzene rings is 2. The molecule has 0 aliphatic carbocycles. The maximum absolute atomic E-state index is 12.4. The van der Waals surface area contributed by atoms with E-state index in [1.165, 1.54) is 7.05 Å². The summed E-state index contributed by atoms with van der Waals surface area (Å²) in [4.78, 5) is 37.6. The number of hydrogen-bond donors (Lipinski definition) is 1. The molecule has 0 aromatic heterocycles. The van der Waals surface area contributed by atoms with E-state index in [0.29, 0.717) is 11.3 Å². The highest BCUT2D eigenvalue weighted by Crippen LogP contribution is 2.28. The van der Waals surface area contributed by atoms with E-state index in [2.05, 4.69) is 5.32 Å². The van der Waals surface area contributed by atoms with Crippen LogP contribution >= 0.6 is 0 Å². The highest BCUT2D eigenvalue weighted by atomic mass is 16.2. The van der Waals surface area contributed by atoms with Gasteiger partial charge in [-0.05, 0) is 37.1 Å². The van der Waals surface area contributed by atoms with Gasteiger partial charge in [0.25, 0.3) is 11.8 Å². The number of hydrogen-bond acceptors (Lipinski definition) is 3. The zero-order valence-corrected chi connectivity index (χ0v) is 13.8. The second-order valence-electron chi connectivity index (χ2n) is 6.05. The number of nitrogens with zero attached hydrogens (tertiary/aromatic N) is 1. The second-order valence-corrected chi connectivity index (χ2v) is 6.05. The van der Waals surface area contributed by atoms with Crippen molar-refractivity contribution in [3.8, 4) is 0 Å². The predicted molar refractivity (Wildman–Crippen MR) is 91.1 cm³/mol. The van der Waals surface area contributed by atoms with Gasteiger partial charge in [-0.1, -0.05) is 29.8 Å². The minimum atomic E-state index is -0.391. The van der Waals surface area contributed by atoms with E-state index in [4.69, 9.17) is 0 Å². The third-order valence-corrected chi connectivity index (χ3v) is 4.24. The van der Waals surface area contributed by atoms with Gasteiger partial charge < -0.3 is 5.32 Å². The van der Waals surface area contributed by atoms with Gasteiger partial charge in [0.2, 0.25) is 5.91 Å². The molecular weight excluding hydrogens is 304 g/mol. The summed E-state index contributed by atoms with van der Waals surface area (Å²) >= 11 is 0. The van der Waals surface area contributed by atoms with Gasteiger partial charge >= 0.3 is 0 Å². The summed E-state index contributed by atoms with van der Waals surface area (Å²) in [7, 11) is 1.44. The molecule has 5 heteroatoms. The lowest BCUT2D eigenvalue weighted by atomic mass is 10.0. The summed E-state index contributed by atoms with van der Waals surface area (Å²) in [5.74, 6) is -0.956. The first-order valence-electron chi connectivity index (χ1n) is 7.70. The number of imide groups is 1. The fourth-order valence-electron chi connectivity index (χ4n) is 2.92. The summed E-state index contributed by atoms with van der Waals surface area (Å²) in [5.41, 5.74) is 4.10. The zero-order chi connectivity index (χ0) is 17.4. The van der Waals surface area contributed by atoms with Crippen LogP contribution in [0.2, 0.25) is 0 Å². The van der Waals surface area contributed by atoms with Gasteiger partial charge in [0.1, 0.15) is 0 Å². The molecule has 0 saturated heterocycles. The molecule has 0 radical (unpaired) electrons. The van der Waals surface area contributed by atoms with Crippen molar-refractivity contribution in [2.24, 2.45) is 0 Å². The summed E-state index contributed by atoms with van der Waals surface area (Å²) in [6.45, 7) is 3.97. The first kappa shape index (κ1) is 15.9. The Labute approximate surface area is 140 Å². The molecule has 1 aliphatic heterocycles. The molecule has 0 spiro atoms. The van der Waals surface area contributed by atoms with Gasteiger partial charge in [-0.2, -0.15) is 0 Å². The van der Waals surface area contributed by atoms with E-state index >= 15 is 0 Å². The molecule has 2 aromatic carbocycles.